The van der Waals surface area contributed by atoms with E-state index < -0.39 is 0 Å². The van der Waals surface area contributed by atoms with Gasteiger partial charge in [0.15, 0.2) is 0 Å². The third-order valence-corrected chi connectivity index (χ3v) is 5.30. The highest BCUT2D eigenvalue weighted by Gasteiger charge is 2.36. The molecule has 3 atom stereocenters. The third-order valence-electron chi connectivity index (χ3n) is 4.80. The van der Waals surface area contributed by atoms with Crippen LogP contribution in [0.2, 0.25) is 0 Å². The molecule has 2 heterocycles. The van der Waals surface area contributed by atoms with Gasteiger partial charge < -0.3 is 10.2 Å². The van der Waals surface area contributed by atoms with Gasteiger partial charge in [-0.25, -0.2) is 0 Å². The molecule has 3 nitrogen and oxygen atoms in total. The van der Waals surface area contributed by atoms with Crippen LogP contribution >= 0.6 is 15.9 Å². The van der Waals surface area contributed by atoms with Crippen LogP contribution in [0.3, 0.4) is 0 Å². The molecule has 2 fully saturated rings. The van der Waals surface area contributed by atoms with Gasteiger partial charge in [0.25, 0.3) is 0 Å². The number of nitrogens with one attached hydrogen (secondary N) is 1. The number of halogens is 1. The van der Waals surface area contributed by atoms with Gasteiger partial charge in [-0.05, 0) is 55.8 Å². The van der Waals surface area contributed by atoms with Crippen molar-refractivity contribution >= 4 is 21.8 Å². The molecule has 3 rings (SSSR count). The lowest BCUT2D eigenvalue weighted by atomic mass is 9.91. The Balaban J connectivity index is 1.78. The number of carbonyl (C=O) groups excluding carboxylic acids is 1. The van der Waals surface area contributed by atoms with E-state index in [4.69, 9.17) is 0 Å². The molecule has 0 bridgehead atoms. The standard InChI is InChI=1S/C17H23BrN2O/c1-12-5-3-9-19-16(12)17(21)20-10-4-8-15(20)13-6-2-7-14(18)11-13/h2,6-7,11-12,15-16,19H,3-5,8-10H2,1H3. The van der Waals surface area contributed by atoms with E-state index in [-0.39, 0.29) is 12.1 Å². The van der Waals surface area contributed by atoms with Crippen LogP contribution in [0.1, 0.15) is 44.2 Å². The Bertz CT molecular complexity index is 519. The lowest BCUT2D eigenvalue weighted by Crippen LogP contribution is -2.52. The summed E-state index contributed by atoms with van der Waals surface area (Å²) in [6.45, 7) is 4.05. The van der Waals surface area contributed by atoms with Gasteiger partial charge in [-0.2, -0.15) is 0 Å². The van der Waals surface area contributed by atoms with Gasteiger partial charge in [-0.15, -0.1) is 0 Å². The maximum Gasteiger partial charge on any atom is 0.240 e. The topological polar surface area (TPSA) is 32.3 Å². The SMILES string of the molecule is CC1CCCNC1C(=O)N1CCCC1c1cccc(Br)c1. The van der Waals surface area contributed by atoms with Crippen LogP contribution in [0.5, 0.6) is 0 Å². The van der Waals surface area contributed by atoms with Crippen LogP contribution in [-0.4, -0.2) is 29.9 Å². The molecule has 1 aromatic rings. The Hall–Kier alpha value is -0.870. The summed E-state index contributed by atoms with van der Waals surface area (Å²) in [6.07, 6.45) is 4.51. The quantitative estimate of drug-likeness (QED) is 0.885. The molecular weight excluding hydrogens is 328 g/mol. The molecule has 0 saturated carbocycles. The molecule has 0 aliphatic carbocycles. The van der Waals surface area contributed by atoms with Crippen LogP contribution in [-0.2, 0) is 4.79 Å². The van der Waals surface area contributed by atoms with E-state index in [1.165, 1.54) is 12.0 Å². The van der Waals surface area contributed by atoms with Crippen molar-refractivity contribution < 1.29 is 4.79 Å². The molecule has 1 aromatic carbocycles. The molecule has 2 aliphatic rings. The predicted octanol–water partition coefficient (Wildman–Crippen LogP) is 3.50. The number of likely N-dealkylation sites (tertiary alicyclic amines) is 1. The van der Waals surface area contributed by atoms with Crippen molar-refractivity contribution in [3.8, 4) is 0 Å². The van der Waals surface area contributed by atoms with Crippen molar-refractivity contribution in [1.29, 1.82) is 0 Å². The van der Waals surface area contributed by atoms with E-state index in [2.05, 4.69) is 51.3 Å². The summed E-state index contributed by atoms with van der Waals surface area (Å²) in [5, 5.41) is 3.43. The first-order valence-electron chi connectivity index (χ1n) is 7.96. The second-order valence-corrected chi connectivity index (χ2v) is 7.21. The number of nitrogens with zero attached hydrogens (tertiary/aromatic N) is 1. The Morgan fingerprint density at radius 3 is 2.95 bits per heavy atom. The number of piperidine rings is 1. The van der Waals surface area contributed by atoms with E-state index in [1.807, 2.05) is 6.07 Å². The minimum absolute atomic E-state index is 0.00602. The van der Waals surface area contributed by atoms with Gasteiger partial charge in [0.1, 0.15) is 0 Å². The van der Waals surface area contributed by atoms with Crippen molar-refractivity contribution in [1.82, 2.24) is 10.2 Å². The number of hydrogen-bond acceptors (Lipinski definition) is 2. The predicted molar refractivity (Wildman–Crippen MR) is 88.0 cm³/mol. The van der Waals surface area contributed by atoms with Gasteiger partial charge in [0.2, 0.25) is 5.91 Å². The number of rotatable bonds is 2. The summed E-state index contributed by atoms with van der Waals surface area (Å²) in [5.41, 5.74) is 1.25. The molecule has 1 N–H and O–H groups in total. The number of benzene rings is 1. The summed E-state index contributed by atoms with van der Waals surface area (Å²) in [7, 11) is 0. The highest BCUT2D eigenvalue weighted by molar-refractivity contribution is 9.10. The van der Waals surface area contributed by atoms with E-state index in [1.54, 1.807) is 0 Å². The first kappa shape index (κ1) is 15.0. The molecule has 3 unspecified atom stereocenters. The zero-order valence-electron chi connectivity index (χ0n) is 12.5. The van der Waals surface area contributed by atoms with Crippen LogP contribution in [0.4, 0.5) is 0 Å². The fourth-order valence-corrected chi connectivity index (χ4v) is 4.07. The average molecular weight is 351 g/mol. The van der Waals surface area contributed by atoms with Crippen molar-refractivity contribution in [3.63, 3.8) is 0 Å². The smallest absolute Gasteiger partial charge is 0.240 e. The first-order valence-corrected chi connectivity index (χ1v) is 8.75. The Kier molecular flexibility index (Phi) is 4.65. The van der Waals surface area contributed by atoms with Crippen molar-refractivity contribution in [2.75, 3.05) is 13.1 Å². The van der Waals surface area contributed by atoms with E-state index in [0.717, 1.165) is 36.8 Å². The fraction of sp³-hybridized carbons (Fsp3) is 0.588. The second-order valence-electron chi connectivity index (χ2n) is 6.30. The maximum absolute atomic E-state index is 12.9. The molecule has 1 amide bonds. The maximum atomic E-state index is 12.9. The summed E-state index contributed by atoms with van der Waals surface area (Å²) in [6, 6.07) is 8.63. The summed E-state index contributed by atoms with van der Waals surface area (Å²) in [4.78, 5) is 15.0. The average Bonchev–Trinajstić information content (AvgIpc) is 2.96. The summed E-state index contributed by atoms with van der Waals surface area (Å²) >= 11 is 3.54. The molecular formula is C17H23BrN2O. The minimum atomic E-state index is 0.00602. The van der Waals surface area contributed by atoms with Gasteiger partial charge in [0.05, 0.1) is 12.1 Å². The molecule has 21 heavy (non-hydrogen) atoms. The zero-order valence-corrected chi connectivity index (χ0v) is 14.1. The van der Waals surface area contributed by atoms with Gasteiger partial charge >= 0.3 is 0 Å². The third kappa shape index (κ3) is 3.16. The van der Waals surface area contributed by atoms with Gasteiger partial charge in [-0.3, -0.25) is 4.79 Å². The van der Waals surface area contributed by atoms with Crippen LogP contribution in [0.25, 0.3) is 0 Å². The van der Waals surface area contributed by atoms with Crippen molar-refractivity contribution in [2.24, 2.45) is 5.92 Å². The monoisotopic (exact) mass is 350 g/mol. The molecule has 0 spiro atoms. The van der Waals surface area contributed by atoms with Crippen LogP contribution in [0.15, 0.2) is 28.7 Å². The summed E-state index contributed by atoms with van der Waals surface area (Å²) in [5.74, 6) is 0.736. The molecule has 4 heteroatoms. The van der Waals surface area contributed by atoms with E-state index >= 15 is 0 Å². The van der Waals surface area contributed by atoms with Crippen LogP contribution < -0.4 is 5.32 Å². The Labute approximate surface area is 135 Å². The molecule has 2 aliphatic heterocycles. The van der Waals surface area contributed by atoms with Crippen molar-refractivity contribution in [2.45, 2.75) is 44.7 Å². The molecule has 2 saturated heterocycles. The van der Waals surface area contributed by atoms with E-state index in [0.29, 0.717) is 11.8 Å². The largest absolute Gasteiger partial charge is 0.334 e. The highest BCUT2D eigenvalue weighted by atomic mass is 79.9. The first-order chi connectivity index (χ1) is 10.2. The lowest BCUT2D eigenvalue weighted by molar-refractivity contribution is -0.136. The number of carbonyl (C=O) groups is 1. The molecule has 0 aromatic heterocycles. The molecule has 0 radical (unpaired) electrons. The minimum Gasteiger partial charge on any atom is -0.334 e. The molecule has 114 valence electrons. The normalized spacial score (nSPS) is 29.6. The van der Waals surface area contributed by atoms with Crippen molar-refractivity contribution in [3.05, 3.63) is 34.3 Å². The summed E-state index contributed by atoms with van der Waals surface area (Å²) < 4.78 is 1.09. The fourth-order valence-electron chi connectivity index (χ4n) is 3.65. The van der Waals surface area contributed by atoms with Crippen LogP contribution in [0, 0.1) is 5.92 Å². The second kappa shape index (κ2) is 6.49. The Morgan fingerprint density at radius 2 is 2.19 bits per heavy atom. The lowest BCUT2D eigenvalue weighted by Gasteiger charge is -2.35. The highest BCUT2D eigenvalue weighted by Crippen LogP contribution is 2.34. The van der Waals surface area contributed by atoms with Gasteiger partial charge in [0, 0.05) is 11.0 Å². The Morgan fingerprint density at radius 1 is 1.33 bits per heavy atom. The number of amides is 1. The van der Waals surface area contributed by atoms with E-state index in [9.17, 15) is 4.79 Å². The zero-order chi connectivity index (χ0) is 14.8. The van der Waals surface area contributed by atoms with Gasteiger partial charge in [-0.1, -0.05) is 35.0 Å². The number of hydrogen-bond donors (Lipinski definition) is 1.